The molecule has 0 unspecified atom stereocenters. The molecule has 0 N–H and O–H groups in total. The fraction of sp³-hybridized carbons (Fsp3) is 0.429. The highest BCUT2D eigenvalue weighted by Crippen LogP contribution is 2.17. The van der Waals surface area contributed by atoms with Gasteiger partial charge in [0.2, 0.25) is 0 Å². The van der Waals surface area contributed by atoms with E-state index in [4.69, 9.17) is 7.85 Å². The van der Waals surface area contributed by atoms with Crippen molar-refractivity contribution >= 4 is 24.0 Å². The Kier molecular flexibility index (Phi) is 1.96. The molecule has 1 aromatic rings. The molecule has 0 spiro atoms. The quantitative estimate of drug-likeness (QED) is 0.515. The van der Waals surface area contributed by atoms with Crippen molar-refractivity contribution in [1.29, 1.82) is 0 Å². The predicted octanol–water partition coefficient (Wildman–Crippen LogP) is 1.67. The maximum atomic E-state index is 5.53. The van der Waals surface area contributed by atoms with E-state index < -0.39 is 0 Å². The first-order valence-electron chi connectivity index (χ1n) is 3.05. The van der Waals surface area contributed by atoms with E-state index in [0.717, 1.165) is 4.78 Å². The van der Waals surface area contributed by atoms with Gasteiger partial charge in [0.1, 0.15) is 7.85 Å². The molecule has 0 saturated heterocycles. The van der Waals surface area contributed by atoms with Crippen LogP contribution in [0.3, 0.4) is 0 Å². The highest BCUT2D eigenvalue weighted by molar-refractivity contribution is 7.20. The zero-order chi connectivity index (χ0) is 6.85. The van der Waals surface area contributed by atoms with Crippen LogP contribution in [0.25, 0.3) is 0 Å². The van der Waals surface area contributed by atoms with Gasteiger partial charge in [-0.2, -0.15) is 11.3 Å². The molecule has 0 bridgehead atoms. The fourth-order valence-electron chi connectivity index (χ4n) is 0.679. The smallest absolute Gasteiger partial charge is 0.128 e. The molecule has 2 heteroatoms. The average molecular weight is 136 g/mol. The fourth-order valence-corrected chi connectivity index (χ4v) is 1.46. The third-order valence-electron chi connectivity index (χ3n) is 1.22. The van der Waals surface area contributed by atoms with Gasteiger partial charge >= 0.3 is 0 Å². The summed E-state index contributed by atoms with van der Waals surface area (Å²) >= 11 is 1.67. The number of rotatable bonds is 1. The monoisotopic (exact) mass is 136 g/mol. The summed E-state index contributed by atoms with van der Waals surface area (Å²) in [6.07, 6.45) is 0. The minimum atomic E-state index is 0.618. The van der Waals surface area contributed by atoms with Crippen LogP contribution in [0.4, 0.5) is 0 Å². The topological polar surface area (TPSA) is 0 Å². The molecular formula is C7H9BS. The summed E-state index contributed by atoms with van der Waals surface area (Å²) < 4.78 is 0.915. The summed E-state index contributed by atoms with van der Waals surface area (Å²) in [5.41, 5.74) is 0. The van der Waals surface area contributed by atoms with Crippen molar-refractivity contribution < 1.29 is 0 Å². The third-order valence-corrected chi connectivity index (χ3v) is 2.43. The molecule has 0 aliphatic heterocycles. The van der Waals surface area contributed by atoms with Crippen LogP contribution in [0.2, 0.25) is 0 Å². The lowest BCUT2D eigenvalue weighted by atomic mass is 10.1. The van der Waals surface area contributed by atoms with Crippen molar-refractivity contribution in [3.05, 3.63) is 17.0 Å². The molecule has 0 fully saturated rings. The van der Waals surface area contributed by atoms with Gasteiger partial charge in [-0.05, 0) is 16.8 Å². The largest absolute Gasteiger partial charge is 0.157 e. The zero-order valence-corrected chi connectivity index (χ0v) is 6.53. The molecule has 0 nitrogen and oxygen atoms in total. The molecule has 1 rings (SSSR count). The molecule has 0 saturated carbocycles. The summed E-state index contributed by atoms with van der Waals surface area (Å²) in [5.74, 6) is 0.618. The average Bonchev–Trinajstić information content (AvgIpc) is 2.14. The SMILES string of the molecule is [B]c1ccc(C(C)C)s1. The van der Waals surface area contributed by atoms with E-state index in [2.05, 4.69) is 19.9 Å². The lowest BCUT2D eigenvalue weighted by molar-refractivity contribution is 0.890. The van der Waals surface area contributed by atoms with Gasteiger partial charge in [0, 0.05) is 4.88 Å². The van der Waals surface area contributed by atoms with Gasteiger partial charge in [0.05, 0.1) is 0 Å². The number of hydrogen-bond acceptors (Lipinski definition) is 1. The van der Waals surface area contributed by atoms with Crippen molar-refractivity contribution in [3.8, 4) is 0 Å². The van der Waals surface area contributed by atoms with Gasteiger partial charge in [0.15, 0.2) is 0 Å². The summed E-state index contributed by atoms with van der Waals surface area (Å²) in [5, 5.41) is 0. The minimum absolute atomic E-state index is 0.618. The van der Waals surface area contributed by atoms with E-state index >= 15 is 0 Å². The van der Waals surface area contributed by atoms with Crippen molar-refractivity contribution in [2.24, 2.45) is 0 Å². The highest BCUT2D eigenvalue weighted by atomic mass is 32.1. The van der Waals surface area contributed by atoms with Gasteiger partial charge in [-0.25, -0.2) is 0 Å². The third kappa shape index (κ3) is 1.58. The van der Waals surface area contributed by atoms with Gasteiger partial charge in [-0.3, -0.25) is 0 Å². The maximum absolute atomic E-state index is 5.53. The van der Waals surface area contributed by atoms with Crippen LogP contribution in [0.15, 0.2) is 12.1 Å². The van der Waals surface area contributed by atoms with Crippen LogP contribution in [0.5, 0.6) is 0 Å². The summed E-state index contributed by atoms with van der Waals surface area (Å²) in [7, 11) is 5.53. The van der Waals surface area contributed by atoms with Crippen molar-refractivity contribution in [3.63, 3.8) is 0 Å². The minimum Gasteiger partial charge on any atom is -0.157 e. The van der Waals surface area contributed by atoms with Gasteiger partial charge < -0.3 is 0 Å². The molecule has 9 heavy (non-hydrogen) atoms. The summed E-state index contributed by atoms with van der Waals surface area (Å²) in [6, 6.07) is 4.05. The lowest BCUT2D eigenvalue weighted by Crippen LogP contribution is -1.89. The Hall–Kier alpha value is -0.235. The Balaban J connectivity index is 2.85. The second-order valence-corrected chi connectivity index (χ2v) is 3.54. The number of hydrogen-bond donors (Lipinski definition) is 0. The van der Waals surface area contributed by atoms with Gasteiger partial charge in [-0.1, -0.05) is 19.9 Å². The normalized spacial score (nSPS) is 10.6. The predicted molar refractivity (Wildman–Crippen MR) is 43.8 cm³/mol. The van der Waals surface area contributed by atoms with Crippen LogP contribution in [-0.2, 0) is 0 Å². The Morgan fingerprint density at radius 3 is 2.33 bits per heavy atom. The molecule has 0 amide bonds. The van der Waals surface area contributed by atoms with E-state index in [-0.39, 0.29) is 0 Å². The lowest BCUT2D eigenvalue weighted by Gasteiger charge is -1.96. The molecule has 2 radical (unpaired) electrons. The molecule has 0 atom stereocenters. The van der Waals surface area contributed by atoms with E-state index in [9.17, 15) is 0 Å². The van der Waals surface area contributed by atoms with Crippen LogP contribution < -0.4 is 4.78 Å². The zero-order valence-electron chi connectivity index (χ0n) is 5.72. The molecule has 1 aromatic heterocycles. The van der Waals surface area contributed by atoms with Gasteiger partial charge in [-0.15, -0.1) is 0 Å². The van der Waals surface area contributed by atoms with E-state index in [1.807, 2.05) is 6.07 Å². The molecule has 0 aliphatic carbocycles. The first kappa shape index (κ1) is 6.88. The van der Waals surface area contributed by atoms with E-state index in [0.29, 0.717) is 5.92 Å². The Morgan fingerprint density at radius 2 is 2.11 bits per heavy atom. The first-order valence-corrected chi connectivity index (χ1v) is 3.87. The highest BCUT2D eigenvalue weighted by Gasteiger charge is 1.98. The molecule has 1 heterocycles. The van der Waals surface area contributed by atoms with Crippen LogP contribution >= 0.6 is 11.3 Å². The van der Waals surface area contributed by atoms with Crippen molar-refractivity contribution in [2.45, 2.75) is 19.8 Å². The van der Waals surface area contributed by atoms with Crippen LogP contribution in [0, 0.1) is 0 Å². The van der Waals surface area contributed by atoms with Crippen LogP contribution in [0.1, 0.15) is 24.6 Å². The Morgan fingerprint density at radius 1 is 1.44 bits per heavy atom. The van der Waals surface area contributed by atoms with Crippen molar-refractivity contribution in [2.75, 3.05) is 0 Å². The van der Waals surface area contributed by atoms with Gasteiger partial charge in [0.25, 0.3) is 0 Å². The van der Waals surface area contributed by atoms with E-state index in [1.165, 1.54) is 4.88 Å². The van der Waals surface area contributed by atoms with Crippen molar-refractivity contribution in [1.82, 2.24) is 0 Å². The maximum Gasteiger partial charge on any atom is 0.128 e. The number of thiophene rings is 1. The molecule has 0 aromatic carbocycles. The van der Waals surface area contributed by atoms with Crippen LogP contribution in [-0.4, -0.2) is 7.85 Å². The molecule has 46 valence electrons. The summed E-state index contributed by atoms with van der Waals surface area (Å²) in [6.45, 7) is 4.34. The molecular weight excluding hydrogens is 127 g/mol. The Labute approximate surface area is 61.3 Å². The first-order chi connectivity index (χ1) is 4.20. The van der Waals surface area contributed by atoms with E-state index in [1.54, 1.807) is 11.3 Å². The Bertz CT molecular complexity index is 191. The molecule has 0 aliphatic rings. The standard InChI is InChI=1S/C7H9BS/c1-5(2)6-3-4-7(8)9-6/h3-5H,1-2H3. The second kappa shape index (κ2) is 2.57. The summed E-state index contributed by atoms with van der Waals surface area (Å²) in [4.78, 5) is 1.37. The second-order valence-electron chi connectivity index (χ2n) is 2.39.